The van der Waals surface area contributed by atoms with E-state index in [9.17, 15) is 9.90 Å². The number of phenolic OH excluding ortho intramolecular Hbond substituents is 1. The first-order valence-electron chi connectivity index (χ1n) is 4.93. The van der Waals surface area contributed by atoms with E-state index in [1.807, 2.05) is 6.92 Å². The summed E-state index contributed by atoms with van der Waals surface area (Å²) in [7, 11) is 0. The number of amides is 1. The Bertz CT molecular complexity index is 453. The number of hydrogen-bond donors (Lipinski definition) is 3. The number of carbonyl (C=O) groups excluding carboxylic acids is 1. The zero-order chi connectivity index (χ0) is 12.3. The van der Waals surface area contributed by atoms with E-state index in [4.69, 9.17) is 0 Å². The average Bonchev–Trinajstić information content (AvgIpc) is 2.28. The number of nitrogens with one attached hydrogen (secondary N) is 1. The molecule has 0 spiro atoms. The summed E-state index contributed by atoms with van der Waals surface area (Å²) in [6.07, 6.45) is 1.62. The van der Waals surface area contributed by atoms with Crippen LogP contribution in [0.4, 0.5) is 5.69 Å². The van der Waals surface area contributed by atoms with Crippen molar-refractivity contribution in [3.8, 4) is 5.75 Å². The van der Waals surface area contributed by atoms with E-state index in [1.165, 1.54) is 0 Å². The van der Waals surface area contributed by atoms with E-state index in [-0.39, 0.29) is 11.7 Å². The lowest BCUT2D eigenvalue weighted by Crippen LogP contribution is -2.13. The number of carbonyl (C=O) groups is 1. The highest BCUT2D eigenvalue weighted by molar-refractivity contribution is 7.85. The van der Waals surface area contributed by atoms with Gasteiger partial charge in [-0.3, -0.25) is 4.79 Å². The summed E-state index contributed by atoms with van der Waals surface area (Å²) in [6.45, 7) is 5.37. The highest BCUT2D eigenvalue weighted by Gasteiger charge is 2.11. The van der Waals surface area contributed by atoms with Crippen molar-refractivity contribution in [3.63, 3.8) is 0 Å². The summed E-state index contributed by atoms with van der Waals surface area (Å²) in [6, 6.07) is 3.36. The topological polar surface area (TPSA) is 49.3 Å². The fourth-order valence-corrected chi connectivity index (χ4v) is 1.39. The first kappa shape index (κ1) is 12.6. The molecule has 0 aromatic heterocycles. The molecule has 0 saturated heterocycles. The van der Waals surface area contributed by atoms with Crippen LogP contribution in [0.5, 0.6) is 5.75 Å². The van der Waals surface area contributed by atoms with E-state index in [0.29, 0.717) is 16.2 Å². The Kier molecular flexibility index (Phi) is 4.01. The van der Waals surface area contributed by atoms with Gasteiger partial charge in [-0.25, -0.2) is 0 Å². The Morgan fingerprint density at radius 3 is 2.62 bits per heavy atom. The molecule has 1 rings (SSSR count). The van der Waals surface area contributed by atoms with Crippen LogP contribution in [0.3, 0.4) is 0 Å². The van der Waals surface area contributed by atoms with Crippen LogP contribution in [0.25, 0.3) is 0 Å². The van der Waals surface area contributed by atoms with Crippen LogP contribution >= 0.6 is 12.6 Å². The second kappa shape index (κ2) is 5.07. The molecule has 0 radical (unpaired) electrons. The molecule has 1 amide bonds. The van der Waals surface area contributed by atoms with E-state index >= 15 is 0 Å². The lowest BCUT2D eigenvalue weighted by Gasteiger charge is -2.12. The minimum absolute atomic E-state index is 0.169. The molecule has 0 aliphatic carbocycles. The molecular weight excluding hydrogens is 222 g/mol. The van der Waals surface area contributed by atoms with Crippen molar-refractivity contribution in [2.24, 2.45) is 0 Å². The maximum absolute atomic E-state index is 11.6. The van der Waals surface area contributed by atoms with Gasteiger partial charge in [0.25, 0.3) is 5.91 Å². The van der Waals surface area contributed by atoms with Gasteiger partial charge in [-0.15, -0.1) is 12.6 Å². The average molecular weight is 237 g/mol. The van der Waals surface area contributed by atoms with Gasteiger partial charge in [-0.2, -0.15) is 0 Å². The highest BCUT2D eigenvalue weighted by atomic mass is 32.1. The SMILES string of the molecule is C/C=C(\S)C(=O)Nc1c(C)ccc(O)c1C. The number of allylic oxidation sites excluding steroid dienone is 1. The zero-order valence-corrected chi connectivity index (χ0v) is 10.4. The van der Waals surface area contributed by atoms with Crippen molar-refractivity contribution in [2.75, 3.05) is 5.32 Å². The molecule has 0 bridgehead atoms. The summed E-state index contributed by atoms with van der Waals surface area (Å²) >= 11 is 4.04. The number of hydrogen-bond acceptors (Lipinski definition) is 3. The maximum Gasteiger partial charge on any atom is 0.261 e. The fraction of sp³-hybridized carbons (Fsp3) is 0.250. The Morgan fingerprint density at radius 1 is 1.44 bits per heavy atom. The van der Waals surface area contributed by atoms with Gasteiger partial charge in [0.2, 0.25) is 0 Å². The first-order chi connectivity index (χ1) is 7.47. The van der Waals surface area contributed by atoms with Crippen molar-refractivity contribution in [1.29, 1.82) is 0 Å². The molecule has 0 atom stereocenters. The van der Waals surface area contributed by atoms with Crippen LogP contribution in [0.2, 0.25) is 0 Å². The number of benzene rings is 1. The van der Waals surface area contributed by atoms with Gasteiger partial charge in [0.05, 0.1) is 10.6 Å². The molecule has 0 saturated carbocycles. The molecule has 1 aromatic rings. The van der Waals surface area contributed by atoms with Crippen molar-refractivity contribution < 1.29 is 9.90 Å². The van der Waals surface area contributed by atoms with Gasteiger partial charge in [0.1, 0.15) is 5.75 Å². The van der Waals surface area contributed by atoms with Crippen molar-refractivity contribution in [1.82, 2.24) is 0 Å². The second-order valence-corrected chi connectivity index (χ2v) is 4.01. The molecule has 0 unspecified atom stereocenters. The van der Waals surface area contributed by atoms with E-state index < -0.39 is 0 Å². The zero-order valence-electron chi connectivity index (χ0n) is 9.53. The van der Waals surface area contributed by atoms with Gasteiger partial charge in [-0.1, -0.05) is 12.1 Å². The Labute approximate surface area is 101 Å². The molecule has 16 heavy (non-hydrogen) atoms. The van der Waals surface area contributed by atoms with E-state index in [1.54, 1.807) is 32.1 Å². The fourth-order valence-electron chi connectivity index (χ4n) is 1.34. The number of phenols is 1. The Morgan fingerprint density at radius 2 is 2.06 bits per heavy atom. The third kappa shape index (κ3) is 2.58. The number of rotatable bonds is 2. The largest absolute Gasteiger partial charge is 0.508 e. The van der Waals surface area contributed by atoms with Crippen molar-refractivity contribution >= 4 is 24.2 Å². The smallest absolute Gasteiger partial charge is 0.261 e. The lowest BCUT2D eigenvalue weighted by molar-refractivity contribution is -0.112. The minimum atomic E-state index is -0.275. The van der Waals surface area contributed by atoms with Gasteiger partial charge in [0.15, 0.2) is 0 Å². The molecule has 86 valence electrons. The normalized spacial score (nSPS) is 11.4. The van der Waals surface area contributed by atoms with Crippen LogP contribution in [0, 0.1) is 13.8 Å². The van der Waals surface area contributed by atoms with Crippen LogP contribution < -0.4 is 5.32 Å². The second-order valence-electron chi connectivity index (χ2n) is 3.53. The van der Waals surface area contributed by atoms with Gasteiger partial charge in [-0.05, 0) is 32.4 Å². The summed E-state index contributed by atoms with van der Waals surface area (Å²) in [4.78, 5) is 12.0. The molecule has 4 heteroatoms. The number of thiol groups is 1. The Balaban J connectivity index is 3.06. The van der Waals surface area contributed by atoms with Crippen molar-refractivity contribution in [2.45, 2.75) is 20.8 Å². The maximum atomic E-state index is 11.6. The van der Waals surface area contributed by atoms with Crippen molar-refractivity contribution in [3.05, 3.63) is 34.2 Å². The molecule has 0 aliphatic rings. The first-order valence-corrected chi connectivity index (χ1v) is 5.38. The number of aromatic hydroxyl groups is 1. The van der Waals surface area contributed by atoms with Gasteiger partial charge in [0, 0.05) is 5.56 Å². The molecule has 0 aliphatic heterocycles. The number of aryl methyl sites for hydroxylation is 1. The van der Waals surface area contributed by atoms with Crippen LogP contribution in [-0.2, 0) is 4.79 Å². The monoisotopic (exact) mass is 237 g/mol. The summed E-state index contributed by atoms with van der Waals surface area (Å²) in [5, 5.41) is 12.3. The predicted molar refractivity (Wildman–Crippen MR) is 69.0 cm³/mol. The molecule has 0 heterocycles. The van der Waals surface area contributed by atoms with E-state index in [0.717, 1.165) is 5.56 Å². The number of anilines is 1. The predicted octanol–water partition coefficient (Wildman–Crippen LogP) is 2.78. The molecule has 1 aromatic carbocycles. The van der Waals surface area contributed by atoms with Gasteiger partial charge >= 0.3 is 0 Å². The van der Waals surface area contributed by atoms with E-state index in [2.05, 4.69) is 17.9 Å². The minimum Gasteiger partial charge on any atom is -0.508 e. The third-order valence-corrected chi connectivity index (χ3v) is 2.85. The van der Waals surface area contributed by atoms with Crippen LogP contribution in [0.15, 0.2) is 23.1 Å². The highest BCUT2D eigenvalue weighted by Crippen LogP contribution is 2.28. The van der Waals surface area contributed by atoms with Gasteiger partial charge < -0.3 is 10.4 Å². The molecule has 2 N–H and O–H groups in total. The summed E-state index contributed by atoms with van der Waals surface area (Å²) in [5.74, 6) is -0.107. The molecule has 3 nitrogen and oxygen atoms in total. The molecular formula is C12H15NO2S. The standard InChI is InChI=1S/C12H15NO2S/c1-4-10(16)12(15)13-11-7(2)5-6-9(14)8(11)3/h4-6,14,16H,1-3H3,(H,13,15)/b10-4-. The summed E-state index contributed by atoms with van der Waals surface area (Å²) < 4.78 is 0. The lowest BCUT2D eigenvalue weighted by atomic mass is 10.1. The summed E-state index contributed by atoms with van der Waals surface area (Å²) in [5.41, 5.74) is 2.20. The Hall–Kier alpha value is -1.42. The van der Waals surface area contributed by atoms with Crippen LogP contribution in [-0.4, -0.2) is 11.0 Å². The molecule has 0 fully saturated rings. The quantitative estimate of drug-likeness (QED) is 0.547. The van der Waals surface area contributed by atoms with Crippen LogP contribution in [0.1, 0.15) is 18.1 Å². The third-order valence-electron chi connectivity index (χ3n) is 2.39.